The van der Waals surface area contributed by atoms with Gasteiger partial charge in [-0.2, -0.15) is 5.10 Å². The van der Waals surface area contributed by atoms with Gasteiger partial charge < -0.3 is 4.74 Å². The predicted molar refractivity (Wildman–Crippen MR) is 91.4 cm³/mol. The Bertz CT molecular complexity index is 760. The summed E-state index contributed by atoms with van der Waals surface area (Å²) >= 11 is 9.52. The maximum atomic E-state index is 5.98. The fraction of sp³-hybridized carbons (Fsp3) is 0.235. The van der Waals surface area contributed by atoms with Crippen LogP contribution >= 0.6 is 27.5 Å². The van der Waals surface area contributed by atoms with Gasteiger partial charge in [0.2, 0.25) is 0 Å². The van der Waals surface area contributed by atoms with Gasteiger partial charge in [0, 0.05) is 21.5 Å². The standard InChI is InChI=1S/C17H14BrClN2O/c1-10-21-16(14-8-12(18)4-7-17(14)22-10)9-15(20-21)11-2-5-13(19)6-3-11/h2-8,10,16H,9H2,1H3/t10-,16+/m0/s1. The highest BCUT2D eigenvalue weighted by Crippen LogP contribution is 2.43. The van der Waals surface area contributed by atoms with E-state index in [-0.39, 0.29) is 12.3 Å². The second-order valence-corrected chi connectivity index (χ2v) is 6.90. The van der Waals surface area contributed by atoms with E-state index in [0.717, 1.165) is 32.9 Å². The molecule has 5 heteroatoms. The first-order chi connectivity index (χ1) is 10.6. The van der Waals surface area contributed by atoms with Crippen molar-refractivity contribution in [2.24, 2.45) is 5.10 Å². The number of hydrogen-bond acceptors (Lipinski definition) is 3. The molecule has 0 radical (unpaired) electrons. The Kier molecular flexibility index (Phi) is 3.39. The quantitative estimate of drug-likeness (QED) is 0.699. The average Bonchev–Trinajstić information content (AvgIpc) is 2.95. The fourth-order valence-electron chi connectivity index (χ4n) is 3.06. The van der Waals surface area contributed by atoms with Crippen molar-refractivity contribution in [3.63, 3.8) is 0 Å². The molecule has 2 heterocycles. The number of ether oxygens (including phenoxy) is 1. The predicted octanol–water partition coefficient (Wildman–Crippen LogP) is 4.99. The Balaban J connectivity index is 1.72. The van der Waals surface area contributed by atoms with E-state index < -0.39 is 0 Å². The molecule has 2 aromatic rings. The van der Waals surface area contributed by atoms with Gasteiger partial charge in [-0.3, -0.25) is 5.01 Å². The van der Waals surface area contributed by atoms with Gasteiger partial charge >= 0.3 is 0 Å². The van der Waals surface area contributed by atoms with Crippen LogP contribution in [-0.4, -0.2) is 16.9 Å². The minimum Gasteiger partial charge on any atom is -0.469 e. The van der Waals surface area contributed by atoms with Crippen LogP contribution in [0.15, 0.2) is 52.0 Å². The summed E-state index contributed by atoms with van der Waals surface area (Å²) in [4.78, 5) is 0. The van der Waals surface area contributed by atoms with Crippen molar-refractivity contribution in [1.82, 2.24) is 5.01 Å². The molecule has 3 nitrogen and oxygen atoms in total. The number of nitrogens with zero attached hydrogens (tertiary/aromatic N) is 2. The van der Waals surface area contributed by atoms with Crippen molar-refractivity contribution in [2.45, 2.75) is 25.6 Å². The molecule has 0 aromatic heterocycles. The Morgan fingerprint density at radius 2 is 2.00 bits per heavy atom. The molecule has 2 aromatic carbocycles. The zero-order valence-corrected chi connectivity index (χ0v) is 14.3. The lowest BCUT2D eigenvalue weighted by Crippen LogP contribution is -2.37. The molecular weight excluding hydrogens is 364 g/mol. The first-order valence-electron chi connectivity index (χ1n) is 7.20. The first kappa shape index (κ1) is 14.1. The van der Waals surface area contributed by atoms with Crippen LogP contribution in [0.1, 0.15) is 30.5 Å². The maximum absolute atomic E-state index is 5.98. The summed E-state index contributed by atoms with van der Waals surface area (Å²) in [6.07, 6.45) is 0.808. The number of rotatable bonds is 1. The minimum atomic E-state index is -0.0662. The molecule has 2 aliphatic heterocycles. The van der Waals surface area contributed by atoms with Crippen LogP contribution in [0.4, 0.5) is 0 Å². The fourth-order valence-corrected chi connectivity index (χ4v) is 3.56. The van der Waals surface area contributed by atoms with Gasteiger partial charge in [0.25, 0.3) is 0 Å². The molecule has 4 rings (SSSR count). The lowest BCUT2D eigenvalue weighted by Gasteiger charge is -2.36. The summed E-state index contributed by atoms with van der Waals surface area (Å²) in [6, 6.07) is 14.2. The van der Waals surface area contributed by atoms with E-state index in [1.54, 1.807) is 0 Å². The van der Waals surface area contributed by atoms with Gasteiger partial charge in [0.05, 0.1) is 11.8 Å². The molecular formula is C17H14BrClN2O. The third-order valence-corrected chi connectivity index (χ3v) is 4.87. The Labute approximate surface area is 142 Å². The molecule has 0 fully saturated rings. The Morgan fingerprint density at radius 3 is 2.77 bits per heavy atom. The van der Waals surface area contributed by atoms with E-state index in [2.05, 4.69) is 27.0 Å². The molecule has 0 N–H and O–H groups in total. The third kappa shape index (κ3) is 2.31. The van der Waals surface area contributed by atoms with E-state index in [0.29, 0.717) is 0 Å². The lowest BCUT2D eigenvalue weighted by atomic mass is 9.97. The number of hydrazone groups is 1. The smallest absolute Gasteiger partial charge is 0.185 e. The summed E-state index contributed by atoms with van der Waals surface area (Å²) in [7, 11) is 0. The molecule has 0 bridgehead atoms. The molecule has 112 valence electrons. The van der Waals surface area contributed by atoms with Crippen LogP contribution in [0.5, 0.6) is 5.75 Å². The monoisotopic (exact) mass is 376 g/mol. The van der Waals surface area contributed by atoms with Crippen molar-refractivity contribution >= 4 is 33.2 Å². The van der Waals surface area contributed by atoms with E-state index >= 15 is 0 Å². The highest BCUT2D eigenvalue weighted by Gasteiger charge is 2.38. The van der Waals surface area contributed by atoms with Gasteiger partial charge in [0.15, 0.2) is 6.23 Å². The van der Waals surface area contributed by atoms with Crippen LogP contribution in [0, 0.1) is 0 Å². The molecule has 2 atom stereocenters. The topological polar surface area (TPSA) is 24.8 Å². The second kappa shape index (κ2) is 5.28. The van der Waals surface area contributed by atoms with Gasteiger partial charge in [-0.25, -0.2) is 0 Å². The first-order valence-corrected chi connectivity index (χ1v) is 8.37. The molecule has 2 aliphatic rings. The van der Waals surface area contributed by atoms with E-state index in [1.165, 1.54) is 5.56 Å². The van der Waals surface area contributed by atoms with Gasteiger partial charge in [0.1, 0.15) is 5.75 Å². The van der Waals surface area contributed by atoms with E-state index in [1.807, 2.05) is 43.3 Å². The summed E-state index contributed by atoms with van der Waals surface area (Å²) in [6.45, 7) is 2.03. The van der Waals surface area contributed by atoms with Crippen LogP contribution < -0.4 is 4.74 Å². The Morgan fingerprint density at radius 1 is 1.23 bits per heavy atom. The minimum absolute atomic E-state index is 0.0662. The highest BCUT2D eigenvalue weighted by molar-refractivity contribution is 9.10. The zero-order valence-electron chi connectivity index (χ0n) is 12.0. The second-order valence-electron chi connectivity index (χ2n) is 5.55. The summed E-state index contributed by atoms with van der Waals surface area (Å²) in [5.41, 5.74) is 3.37. The molecule has 0 saturated heterocycles. The third-order valence-electron chi connectivity index (χ3n) is 4.12. The van der Waals surface area contributed by atoms with Crippen molar-refractivity contribution in [3.05, 3.63) is 63.1 Å². The summed E-state index contributed by atoms with van der Waals surface area (Å²) in [5, 5.41) is 7.58. The Hall–Kier alpha value is -1.52. The van der Waals surface area contributed by atoms with Crippen molar-refractivity contribution in [1.29, 1.82) is 0 Å². The molecule has 0 aliphatic carbocycles. The van der Waals surface area contributed by atoms with E-state index in [9.17, 15) is 0 Å². The van der Waals surface area contributed by atoms with E-state index in [4.69, 9.17) is 21.4 Å². The molecule has 0 amide bonds. The summed E-state index contributed by atoms with van der Waals surface area (Å²) < 4.78 is 7.04. The van der Waals surface area contributed by atoms with Crippen LogP contribution in [0.3, 0.4) is 0 Å². The van der Waals surface area contributed by atoms with Gasteiger partial charge in [-0.1, -0.05) is 39.7 Å². The number of benzene rings is 2. The van der Waals surface area contributed by atoms with Crippen molar-refractivity contribution < 1.29 is 4.74 Å². The molecule has 22 heavy (non-hydrogen) atoms. The van der Waals surface area contributed by atoms with Gasteiger partial charge in [-0.05, 0) is 42.8 Å². The molecule has 0 spiro atoms. The summed E-state index contributed by atoms with van der Waals surface area (Å²) in [5.74, 6) is 0.949. The van der Waals surface area contributed by atoms with Crippen LogP contribution in [0.25, 0.3) is 0 Å². The van der Waals surface area contributed by atoms with Crippen LogP contribution in [-0.2, 0) is 0 Å². The van der Waals surface area contributed by atoms with Gasteiger partial charge in [-0.15, -0.1) is 0 Å². The number of hydrogen-bond donors (Lipinski definition) is 0. The lowest BCUT2D eigenvalue weighted by molar-refractivity contribution is -0.00339. The zero-order chi connectivity index (χ0) is 15.3. The van der Waals surface area contributed by atoms with Crippen molar-refractivity contribution in [3.8, 4) is 5.75 Å². The normalized spacial score (nSPS) is 22.7. The molecule has 0 saturated carbocycles. The SMILES string of the molecule is C[C@@H]1Oc2ccc(Br)cc2[C@H]2CC(c3ccc(Cl)cc3)=NN12. The largest absolute Gasteiger partial charge is 0.469 e. The number of halogens is 2. The molecule has 0 unspecified atom stereocenters. The maximum Gasteiger partial charge on any atom is 0.185 e. The van der Waals surface area contributed by atoms with Crippen LogP contribution in [0.2, 0.25) is 5.02 Å². The highest BCUT2D eigenvalue weighted by atomic mass is 79.9. The average molecular weight is 378 g/mol. The number of fused-ring (bicyclic) bond motifs is 3. The van der Waals surface area contributed by atoms with Crippen molar-refractivity contribution in [2.75, 3.05) is 0 Å².